The Morgan fingerprint density at radius 2 is 1.89 bits per heavy atom. The first kappa shape index (κ1) is 20.1. The van der Waals surface area contributed by atoms with Crippen LogP contribution in [-0.2, 0) is 16.4 Å². The van der Waals surface area contributed by atoms with Crippen molar-refractivity contribution >= 4 is 36.9 Å². The average Bonchev–Trinajstić information content (AvgIpc) is 3.06. The van der Waals surface area contributed by atoms with E-state index in [-0.39, 0.29) is 0 Å². The number of rotatable bonds is 8. The van der Waals surface area contributed by atoms with Gasteiger partial charge in [-0.2, -0.15) is 0 Å². The predicted octanol–water partition coefficient (Wildman–Crippen LogP) is 4.89. The van der Waals surface area contributed by atoms with Gasteiger partial charge in [0.15, 0.2) is 0 Å². The van der Waals surface area contributed by atoms with Gasteiger partial charge in [-0.25, -0.2) is 13.1 Å². The van der Waals surface area contributed by atoms with Crippen molar-refractivity contribution in [3.63, 3.8) is 0 Å². The maximum Gasteiger partial charge on any atom is 0.240 e. The molecule has 4 nitrogen and oxygen atoms in total. The average molecular weight is 449 g/mol. The Morgan fingerprint density at radius 3 is 2.59 bits per heavy atom. The number of hydrogen-bond acceptors (Lipinski definition) is 2. The van der Waals surface area contributed by atoms with E-state index in [1.807, 2.05) is 24.4 Å². The number of aromatic amines is 1. The van der Waals surface area contributed by atoms with E-state index in [1.165, 1.54) is 5.56 Å². The Morgan fingerprint density at radius 1 is 1.15 bits per heavy atom. The second-order valence-corrected chi connectivity index (χ2v) is 9.47. The molecule has 0 saturated carbocycles. The highest BCUT2D eigenvalue weighted by Crippen LogP contribution is 2.23. The summed E-state index contributed by atoms with van der Waals surface area (Å²) in [7, 11) is -3.50. The van der Waals surface area contributed by atoms with E-state index in [0.717, 1.165) is 33.8 Å². The van der Waals surface area contributed by atoms with Crippen LogP contribution in [-0.4, -0.2) is 25.3 Å². The Hall–Kier alpha value is -1.63. The van der Waals surface area contributed by atoms with Gasteiger partial charge in [0.1, 0.15) is 0 Å². The lowest BCUT2D eigenvalue weighted by Crippen LogP contribution is -2.26. The molecular weight excluding hydrogens is 424 g/mol. The molecule has 0 aliphatic rings. The first-order chi connectivity index (χ1) is 12.9. The van der Waals surface area contributed by atoms with Crippen molar-refractivity contribution < 1.29 is 8.42 Å². The van der Waals surface area contributed by atoms with Crippen LogP contribution in [0.1, 0.15) is 36.0 Å². The number of aromatic nitrogens is 1. The largest absolute Gasteiger partial charge is 0.361 e. The summed E-state index contributed by atoms with van der Waals surface area (Å²) in [5.74, 6) is 0.402. The van der Waals surface area contributed by atoms with Crippen molar-refractivity contribution in [3.8, 4) is 0 Å². The van der Waals surface area contributed by atoms with Gasteiger partial charge in [0.2, 0.25) is 10.0 Å². The summed E-state index contributed by atoms with van der Waals surface area (Å²) >= 11 is 3.45. The van der Waals surface area contributed by atoms with Gasteiger partial charge in [0, 0.05) is 29.0 Å². The summed E-state index contributed by atoms with van der Waals surface area (Å²) < 4.78 is 27.8. The number of halogens is 1. The van der Waals surface area contributed by atoms with E-state index in [2.05, 4.69) is 51.6 Å². The molecule has 0 fully saturated rings. The summed E-state index contributed by atoms with van der Waals surface area (Å²) in [6.45, 7) is 4.57. The van der Waals surface area contributed by atoms with Crippen molar-refractivity contribution in [1.82, 2.24) is 9.71 Å². The summed E-state index contributed by atoms with van der Waals surface area (Å²) in [6.07, 6.45) is 3.63. The van der Waals surface area contributed by atoms with Crippen molar-refractivity contribution in [2.24, 2.45) is 0 Å². The molecule has 0 spiro atoms. The zero-order valence-corrected chi connectivity index (χ0v) is 18.0. The third-order valence-corrected chi connectivity index (χ3v) is 6.93. The summed E-state index contributed by atoms with van der Waals surface area (Å²) in [4.78, 5) is 3.59. The van der Waals surface area contributed by atoms with Gasteiger partial charge in [-0.3, -0.25) is 0 Å². The second kappa shape index (κ2) is 8.59. The fourth-order valence-electron chi connectivity index (χ4n) is 3.28. The van der Waals surface area contributed by atoms with E-state index in [4.69, 9.17) is 0 Å². The monoisotopic (exact) mass is 448 g/mol. The molecule has 0 bridgehead atoms. The Kier molecular flexibility index (Phi) is 6.40. The van der Waals surface area contributed by atoms with E-state index in [0.29, 0.717) is 23.8 Å². The van der Waals surface area contributed by atoms with Crippen molar-refractivity contribution in [1.29, 1.82) is 0 Å². The normalized spacial score (nSPS) is 13.1. The first-order valence-corrected chi connectivity index (χ1v) is 11.7. The lowest BCUT2D eigenvalue weighted by Gasteiger charge is -2.11. The first-order valence-electron chi connectivity index (χ1n) is 9.13. The van der Waals surface area contributed by atoms with Crippen LogP contribution < -0.4 is 4.72 Å². The molecule has 0 aliphatic heterocycles. The number of sulfonamides is 1. The lowest BCUT2D eigenvalue weighted by molar-refractivity contribution is 0.581. The third kappa shape index (κ3) is 4.62. The highest BCUT2D eigenvalue weighted by Gasteiger charge is 2.15. The van der Waals surface area contributed by atoms with Gasteiger partial charge >= 0.3 is 0 Å². The molecule has 1 heterocycles. The van der Waals surface area contributed by atoms with Crippen LogP contribution in [0.3, 0.4) is 0 Å². The molecule has 0 saturated heterocycles. The number of aryl methyl sites for hydroxylation is 1. The summed E-state index contributed by atoms with van der Waals surface area (Å²) in [5.41, 5.74) is 4.58. The highest BCUT2D eigenvalue weighted by molar-refractivity contribution is 9.09. The molecule has 1 atom stereocenters. The smallest absolute Gasteiger partial charge is 0.240 e. The lowest BCUT2D eigenvalue weighted by atomic mass is 9.99. The predicted molar refractivity (Wildman–Crippen MR) is 115 cm³/mol. The van der Waals surface area contributed by atoms with Crippen LogP contribution in [0.15, 0.2) is 53.6 Å². The molecule has 0 amide bonds. The van der Waals surface area contributed by atoms with Gasteiger partial charge in [0.05, 0.1) is 4.90 Å². The molecule has 1 unspecified atom stereocenters. The highest BCUT2D eigenvalue weighted by atomic mass is 79.9. The Balaban J connectivity index is 1.65. The number of fused-ring (bicyclic) bond motifs is 1. The van der Waals surface area contributed by atoms with Crippen LogP contribution in [0.2, 0.25) is 0 Å². The molecule has 2 aromatic carbocycles. The number of H-pyrrole nitrogens is 1. The van der Waals surface area contributed by atoms with Gasteiger partial charge < -0.3 is 4.98 Å². The van der Waals surface area contributed by atoms with Crippen LogP contribution >= 0.6 is 15.9 Å². The summed E-state index contributed by atoms with van der Waals surface area (Å²) in [5, 5.41) is 2.09. The Labute approximate surface area is 169 Å². The number of benzene rings is 2. The quantitative estimate of drug-likeness (QED) is 0.482. The van der Waals surface area contributed by atoms with Gasteiger partial charge in [0.25, 0.3) is 0 Å². The van der Waals surface area contributed by atoms with Crippen molar-refractivity contribution in [2.45, 2.75) is 37.5 Å². The topological polar surface area (TPSA) is 62.0 Å². The van der Waals surface area contributed by atoms with E-state index < -0.39 is 10.0 Å². The molecule has 0 radical (unpaired) electrons. The molecule has 3 rings (SSSR count). The molecule has 6 heteroatoms. The molecule has 144 valence electrons. The molecule has 1 aromatic heterocycles. The fourth-order valence-corrected chi connectivity index (χ4v) is 5.00. The van der Waals surface area contributed by atoms with E-state index in [9.17, 15) is 8.42 Å². The van der Waals surface area contributed by atoms with E-state index in [1.54, 1.807) is 12.1 Å². The van der Waals surface area contributed by atoms with Gasteiger partial charge in [-0.05, 0) is 54.5 Å². The minimum atomic E-state index is -3.50. The fraction of sp³-hybridized carbons (Fsp3) is 0.333. The molecular formula is C21H25BrN2O2S. The molecule has 27 heavy (non-hydrogen) atoms. The minimum Gasteiger partial charge on any atom is -0.361 e. The van der Waals surface area contributed by atoms with Crippen LogP contribution in [0, 0.1) is 6.92 Å². The molecule has 2 N–H and O–H groups in total. The van der Waals surface area contributed by atoms with Crippen LogP contribution in [0.25, 0.3) is 10.9 Å². The minimum absolute atomic E-state index is 0.312. The Bertz CT molecular complexity index is 1010. The number of nitrogens with one attached hydrogen (secondary N) is 2. The number of hydrogen-bond donors (Lipinski definition) is 2. The van der Waals surface area contributed by atoms with Crippen LogP contribution in [0.5, 0.6) is 0 Å². The molecule has 0 aliphatic carbocycles. The van der Waals surface area contributed by atoms with Gasteiger partial charge in [-0.1, -0.05) is 53.2 Å². The number of alkyl halides is 1. The molecule has 3 aromatic rings. The van der Waals surface area contributed by atoms with Crippen LogP contribution in [0.4, 0.5) is 0 Å². The zero-order valence-electron chi connectivity index (χ0n) is 15.6. The standard InChI is InChI=1S/C21H25BrN2O2S/c1-15(10-12-22)17-6-8-19(9-7-17)27(25,26)24-13-11-18-14-23-21-16(2)4-3-5-20(18)21/h3-9,14-15,23-24H,10-13H2,1-2H3. The maximum absolute atomic E-state index is 12.6. The zero-order chi connectivity index (χ0) is 19.4. The SMILES string of the molecule is Cc1cccc2c(CCNS(=O)(=O)c3ccc(C(C)CCBr)cc3)c[nH]c12. The third-order valence-electron chi connectivity index (χ3n) is 5.00. The van der Waals surface area contributed by atoms with Crippen molar-refractivity contribution in [3.05, 3.63) is 65.4 Å². The summed E-state index contributed by atoms with van der Waals surface area (Å²) in [6, 6.07) is 13.4. The number of para-hydroxylation sites is 1. The van der Waals surface area contributed by atoms with Gasteiger partial charge in [-0.15, -0.1) is 0 Å². The second-order valence-electron chi connectivity index (χ2n) is 6.91. The maximum atomic E-state index is 12.6. The van der Waals surface area contributed by atoms with Crippen molar-refractivity contribution in [2.75, 3.05) is 11.9 Å². The van der Waals surface area contributed by atoms with E-state index >= 15 is 0 Å².